The summed E-state index contributed by atoms with van der Waals surface area (Å²) in [7, 11) is -4.19. The Kier molecular flexibility index (Phi) is 3.76. The van der Waals surface area contributed by atoms with Crippen molar-refractivity contribution in [3.63, 3.8) is 0 Å². The van der Waals surface area contributed by atoms with Gasteiger partial charge in [-0.1, -0.05) is 18.2 Å². The Morgan fingerprint density at radius 1 is 1.12 bits per heavy atom. The van der Waals surface area contributed by atoms with Gasteiger partial charge >= 0.3 is 6.18 Å². The summed E-state index contributed by atoms with van der Waals surface area (Å²) in [5.74, 6) is 0. The summed E-state index contributed by atoms with van der Waals surface area (Å²) < 4.78 is 60.9. The molecule has 0 saturated carbocycles. The first-order valence-corrected chi connectivity index (χ1v) is 5.66. The van der Waals surface area contributed by atoms with E-state index < -0.39 is 22.9 Å². The number of alkyl halides is 3. The zero-order valence-electron chi connectivity index (χ0n) is 7.95. The van der Waals surface area contributed by atoms with Gasteiger partial charge in [0.15, 0.2) is 0 Å². The molecule has 1 rings (SSSR count). The van der Waals surface area contributed by atoms with Crippen LogP contribution in [0, 0.1) is 0 Å². The summed E-state index contributed by atoms with van der Waals surface area (Å²) in [5.41, 5.74) is 0.192. The van der Waals surface area contributed by atoms with Crippen molar-refractivity contribution >= 4 is 15.9 Å². The van der Waals surface area contributed by atoms with E-state index in [-0.39, 0.29) is 5.69 Å². The van der Waals surface area contributed by atoms with Crippen molar-refractivity contribution < 1.29 is 21.6 Å². The van der Waals surface area contributed by atoms with E-state index >= 15 is 0 Å². The molecular weight excluding hydrogens is 245 g/mol. The average molecular weight is 254 g/mol. The van der Waals surface area contributed by atoms with Crippen LogP contribution in [0.1, 0.15) is 0 Å². The van der Waals surface area contributed by atoms with Crippen LogP contribution in [-0.2, 0) is 10.2 Å². The van der Waals surface area contributed by atoms with Gasteiger partial charge in [-0.05, 0) is 12.1 Å². The minimum absolute atomic E-state index is 0.192. The van der Waals surface area contributed by atoms with Crippen molar-refractivity contribution in [2.24, 2.45) is 0 Å². The van der Waals surface area contributed by atoms with Crippen LogP contribution in [-0.4, -0.2) is 21.1 Å². The normalized spacial score (nSPS) is 12.4. The second-order valence-corrected chi connectivity index (χ2v) is 4.41. The number of para-hydroxylation sites is 1. The summed E-state index contributed by atoms with van der Waals surface area (Å²) in [6.45, 7) is -1.60. The zero-order chi connectivity index (χ0) is 12.2. The van der Waals surface area contributed by atoms with Gasteiger partial charge in [0.2, 0.25) is 0 Å². The third-order valence-corrected chi connectivity index (χ3v) is 2.52. The van der Waals surface area contributed by atoms with E-state index in [1.807, 2.05) is 4.72 Å². The molecule has 0 unspecified atom stereocenters. The number of halogens is 3. The van der Waals surface area contributed by atoms with Crippen molar-refractivity contribution in [3.05, 3.63) is 30.3 Å². The molecule has 8 heteroatoms. The van der Waals surface area contributed by atoms with Crippen molar-refractivity contribution in [3.8, 4) is 0 Å². The lowest BCUT2D eigenvalue weighted by Gasteiger charge is -2.10. The van der Waals surface area contributed by atoms with Gasteiger partial charge in [-0.15, -0.1) is 0 Å². The van der Waals surface area contributed by atoms with Gasteiger partial charge < -0.3 is 0 Å². The van der Waals surface area contributed by atoms with Crippen LogP contribution in [0.15, 0.2) is 30.3 Å². The molecule has 90 valence electrons. The molecule has 0 amide bonds. The average Bonchev–Trinajstić information content (AvgIpc) is 2.15. The number of hydrogen-bond acceptors (Lipinski definition) is 2. The fraction of sp³-hybridized carbons (Fsp3) is 0.250. The van der Waals surface area contributed by atoms with Gasteiger partial charge in [-0.3, -0.25) is 4.72 Å². The second kappa shape index (κ2) is 4.71. The first-order chi connectivity index (χ1) is 7.29. The maximum Gasteiger partial charge on any atom is 0.402 e. The Morgan fingerprint density at radius 3 is 2.19 bits per heavy atom. The minimum Gasteiger partial charge on any atom is -0.271 e. The summed E-state index contributed by atoms with van der Waals surface area (Å²) in [5, 5.41) is 0. The van der Waals surface area contributed by atoms with Crippen LogP contribution >= 0.6 is 0 Å². The van der Waals surface area contributed by atoms with E-state index in [0.29, 0.717) is 0 Å². The standard InChI is InChI=1S/C8H9F3N2O2S/c9-8(10,11)6-12-16(14,15)13-7-4-2-1-3-5-7/h1-5,12-13H,6H2. The molecule has 0 fully saturated rings. The lowest BCUT2D eigenvalue weighted by molar-refractivity contribution is -0.121. The molecule has 0 radical (unpaired) electrons. The first kappa shape index (κ1) is 12.8. The van der Waals surface area contributed by atoms with E-state index in [9.17, 15) is 21.6 Å². The first-order valence-electron chi connectivity index (χ1n) is 4.18. The van der Waals surface area contributed by atoms with Gasteiger partial charge in [0.25, 0.3) is 10.2 Å². The lowest BCUT2D eigenvalue weighted by Crippen LogP contribution is -2.37. The summed E-state index contributed by atoms with van der Waals surface area (Å²) in [6, 6.07) is 7.61. The van der Waals surface area contributed by atoms with E-state index in [1.165, 1.54) is 16.9 Å². The van der Waals surface area contributed by atoms with E-state index in [4.69, 9.17) is 0 Å². The molecule has 4 nitrogen and oxygen atoms in total. The third kappa shape index (κ3) is 4.99. The van der Waals surface area contributed by atoms with Crippen LogP contribution in [0.5, 0.6) is 0 Å². The van der Waals surface area contributed by atoms with Gasteiger partial charge in [0, 0.05) is 5.69 Å². The number of nitrogens with one attached hydrogen (secondary N) is 2. The zero-order valence-corrected chi connectivity index (χ0v) is 8.77. The van der Waals surface area contributed by atoms with Crippen LogP contribution in [0.25, 0.3) is 0 Å². The number of benzene rings is 1. The molecule has 0 aliphatic rings. The highest BCUT2D eigenvalue weighted by Crippen LogP contribution is 2.13. The fourth-order valence-corrected chi connectivity index (χ4v) is 1.75. The molecule has 0 aliphatic heterocycles. The van der Waals surface area contributed by atoms with Crippen molar-refractivity contribution in [2.75, 3.05) is 11.3 Å². The predicted molar refractivity (Wildman–Crippen MR) is 53.0 cm³/mol. The van der Waals surface area contributed by atoms with Crippen LogP contribution in [0.2, 0.25) is 0 Å². The molecule has 0 aromatic heterocycles. The quantitative estimate of drug-likeness (QED) is 0.855. The molecule has 1 aromatic rings. The molecule has 0 bridgehead atoms. The molecule has 0 spiro atoms. The second-order valence-electron chi connectivity index (χ2n) is 2.91. The van der Waals surface area contributed by atoms with Crippen LogP contribution in [0.4, 0.5) is 18.9 Å². The Hall–Kier alpha value is -1.28. The molecule has 0 aliphatic carbocycles. The summed E-state index contributed by atoms with van der Waals surface area (Å²) >= 11 is 0. The molecule has 16 heavy (non-hydrogen) atoms. The third-order valence-electron chi connectivity index (χ3n) is 1.49. The highest BCUT2D eigenvalue weighted by atomic mass is 32.2. The van der Waals surface area contributed by atoms with Crippen molar-refractivity contribution in [1.29, 1.82) is 0 Å². The fourth-order valence-electron chi connectivity index (χ4n) is 0.874. The number of anilines is 1. The lowest BCUT2D eigenvalue weighted by atomic mass is 10.3. The largest absolute Gasteiger partial charge is 0.402 e. The smallest absolute Gasteiger partial charge is 0.271 e. The van der Waals surface area contributed by atoms with Gasteiger partial charge in [-0.2, -0.15) is 26.3 Å². The van der Waals surface area contributed by atoms with Gasteiger partial charge in [0.05, 0.1) is 0 Å². The highest BCUT2D eigenvalue weighted by molar-refractivity contribution is 7.90. The summed E-state index contributed by atoms with van der Waals surface area (Å²) in [6.07, 6.45) is -4.58. The Balaban J connectivity index is 2.60. The molecule has 2 N–H and O–H groups in total. The van der Waals surface area contributed by atoms with Crippen molar-refractivity contribution in [2.45, 2.75) is 6.18 Å². The Bertz CT molecular complexity index is 430. The molecule has 1 aromatic carbocycles. The minimum atomic E-state index is -4.58. The Morgan fingerprint density at radius 2 is 1.69 bits per heavy atom. The topological polar surface area (TPSA) is 58.2 Å². The monoisotopic (exact) mass is 254 g/mol. The van der Waals surface area contributed by atoms with Crippen LogP contribution in [0.3, 0.4) is 0 Å². The van der Waals surface area contributed by atoms with E-state index in [0.717, 1.165) is 0 Å². The van der Waals surface area contributed by atoms with Gasteiger partial charge in [0.1, 0.15) is 6.54 Å². The SMILES string of the molecule is O=S(=O)(NCC(F)(F)F)Nc1ccccc1. The predicted octanol–water partition coefficient (Wildman–Crippen LogP) is 1.50. The number of hydrogen-bond donors (Lipinski definition) is 2. The van der Waals surface area contributed by atoms with Crippen LogP contribution < -0.4 is 9.44 Å². The van der Waals surface area contributed by atoms with E-state index in [1.54, 1.807) is 18.2 Å². The highest BCUT2D eigenvalue weighted by Gasteiger charge is 2.29. The molecule has 0 atom stereocenters. The van der Waals surface area contributed by atoms with Gasteiger partial charge in [-0.25, -0.2) is 0 Å². The maximum absolute atomic E-state index is 11.8. The number of rotatable bonds is 4. The molecule has 0 saturated heterocycles. The Labute approximate surface area is 90.7 Å². The van der Waals surface area contributed by atoms with Crippen molar-refractivity contribution in [1.82, 2.24) is 4.72 Å². The molecule has 0 heterocycles. The molecular formula is C8H9F3N2O2S. The van der Waals surface area contributed by atoms with E-state index in [2.05, 4.69) is 0 Å². The maximum atomic E-state index is 11.8. The summed E-state index contributed by atoms with van der Waals surface area (Å²) in [4.78, 5) is 0.